The van der Waals surface area contributed by atoms with Crippen LogP contribution in [0.15, 0.2) is 24.3 Å². The molecule has 0 radical (unpaired) electrons. The number of carbonyl (C=O) groups is 2. The summed E-state index contributed by atoms with van der Waals surface area (Å²) in [5.41, 5.74) is 0.357. The molecule has 5 heteroatoms. The summed E-state index contributed by atoms with van der Waals surface area (Å²) < 4.78 is 4.84. The van der Waals surface area contributed by atoms with Gasteiger partial charge >= 0.3 is 6.16 Å². The van der Waals surface area contributed by atoms with Crippen molar-refractivity contribution < 1.29 is 24.5 Å². The second kappa shape index (κ2) is 6.94. The van der Waals surface area contributed by atoms with E-state index < -0.39 is 11.8 Å². The fourth-order valence-electron chi connectivity index (χ4n) is 8.87. The molecule has 9 atom stereocenters. The van der Waals surface area contributed by atoms with Gasteiger partial charge in [-0.1, -0.05) is 18.6 Å². The molecule has 2 N–H and O–H groups in total. The van der Waals surface area contributed by atoms with Crippen molar-refractivity contribution in [3.63, 3.8) is 0 Å². The Morgan fingerprint density at radius 2 is 2.17 bits per heavy atom. The lowest BCUT2D eigenvalue weighted by Gasteiger charge is -2.60. The summed E-state index contributed by atoms with van der Waals surface area (Å²) in [4.78, 5) is 22.9. The number of carbonyl (C=O) groups excluding carboxylic acids is 1. The Kier molecular flexibility index (Phi) is 4.70. The van der Waals surface area contributed by atoms with Gasteiger partial charge < -0.3 is 14.9 Å². The summed E-state index contributed by atoms with van der Waals surface area (Å²) in [5.74, 6) is 3.50. The van der Waals surface area contributed by atoms with Crippen LogP contribution in [0.2, 0.25) is 0 Å². The lowest BCUT2D eigenvalue weighted by molar-refractivity contribution is -0.164. The van der Waals surface area contributed by atoms with Gasteiger partial charge in [-0.25, -0.2) is 4.79 Å². The first-order chi connectivity index (χ1) is 14.4. The Balaban J connectivity index is 1.49. The van der Waals surface area contributed by atoms with Crippen LogP contribution in [0, 0.1) is 46.8 Å². The van der Waals surface area contributed by atoms with Crippen LogP contribution in [0.1, 0.15) is 58.3 Å². The first-order valence-electron chi connectivity index (χ1n) is 11.8. The van der Waals surface area contributed by atoms with E-state index in [0.717, 1.165) is 38.5 Å². The Bertz CT molecular complexity index is 801. The second-order valence-corrected chi connectivity index (χ2v) is 10.5. The van der Waals surface area contributed by atoms with Crippen molar-refractivity contribution in [1.29, 1.82) is 0 Å². The predicted molar refractivity (Wildman–Crippen MR) is 112 cm³/mol. The van der Waals surface area contributed by atoms with Gasteiger partial charge in [-0.15, -0.1) is 6.58 Å². The maximum absolute atomic E-state index is 12.1. The smallest absolute Gasteiger partial charge is 0.450 e. The van der Waals surface area contributed by atoms with Crippen LogP contribution < -0.4 is 0 Å². The van der Waals surface area contributed by atoms with Crippen molar-refractivity contribution in [3.8, 4) is 0 Å². The maximum atomic E-state index is 12.1. The topological polar surface area (TPSA) is 83.8 Å². The Morgan fingerprint density at radius 3 is 2.87 bits per heavy atom. The molecule has 0 aromatic carbocycles. The summed E-state index contributed by atoms with van der Waals surface area (Å²) >= 11 is 0. The number of hydrogen-bond acceptors (Lipinski definition) is 4. The Morgan fingerprint density at radius 1 is 1.37 bits per heavy atom. The predicted octanol–water partition coefficient (Wildman–Crippen LogP) is 4.60. The fraction of sp³-hybridized carbons (Fsp3) is 0.760. The number of ketones is 1. The van der Waals surface area contributed by atoms with Gasteiger partial charge in [0.2, 0.25) is 0 Å². The van der Waals surface area contributed by atoms with Gasteiger partial charge in [0.05, 0.1) is 12.2 Å². The third-order valence-corrected chi connectivity index (χ3v) is 9.90. The molecule has 0 aromatic heterocycles. The molecule has 5 nitrogen and oxygen atoms in total. The molecule has 0 aliphatic heterocycles. The maximum Gasteiger partial charge on any atom is 0.505 e. The quantitative estimate of drug-likeness (QED) is 0.507. The van der Waals surface area contributed by atoms with Crippen LogP contribution in [-0.4, -0.2) is 34.4 Å². The fourth-order valence-corrected chi connectivity index (χ4v) is 8.87. The molecule has 164 valence electrons. The average molecular weight is 415 g/mol. The van der Waals surface area contributed by atoms with Gasteiger partial charge in [0.15, 0.2) is 5.78 Å². The number of carboxylic acid groups (broad SMARTS) is 1. The molecular weight excluding hydrogens is 380 g/mol. The summed E-state index contributed by atoms with van der Waals surface area (Å²) in [6.45, 7) is 6.45. The Hall–Kier alpha value is -1.62. The lowest BCUT2D eigenvalue weighted by atomic mass is 9.45. The van der Waals surface area contributed by atoms with Crippen molar-refractivity contribution in [2.45, 2.75) is 63.9 Å². The zero-order valence-corrected chi connectivity index (χ0v) is 17.9. The molecule has 0 heterocycles. The van der Waals surface area contributed by atoms with Gasteiger partial charge in [-0.05, 0) is 86.0 Å². The largest absolute Gasteiger partial charge is 0.505 e. The lowest BCUT2D eigenvalue weighted by Crippen LogP contribution is -2.58. The first-order valence-corrected chi connectivity index (χ1v) is 11.8. The minimum Gasteiger partial charge on any atom is -0.450 e. The number of rotatable bonds is 5. The molecule has 0 spiro atoms. The molecule has 5 aliphatic carbocycles. The standard InChI is InChI=1S/C25H34O5/c1-3-14-11-15-12-16(26)5-6-17(15)18-7-8-24(4-2)22(21(14)18)19-13-20(19)25(24,29)9-10-30-23(27)28/h3,12,14,17-22,29H,1,4-11,13H2,2H3,(H,27,28)/t14-,17-,18+,19-,20+,21+,22-,24-,25-/m0/s1. The highest BCUT2D eigenvalue weighted by Crippen LogP contribution is 2.78. The van der Waals surface area contributed by atoms with E-state index >= 15 is 0 Å². The minimum atomic E-state index is -1.26. The van der Waals surface area contributed by atoms with Gasteiger partial charge in [0.25, 0.3) is 0 Å². The highest BCUT2D eigenvalue weighted by atomic mass is 16.7. The molecule has 5 rings (SSSR count). The van der Waals surface area contributed by atoms with E-state index in [9.17, 15) is 14.7 Å². The van der Waals surface area contributed by atoms with Crippen molar-refractivity contribution >= 4 is 11.9 Å². The summed E-state index contributed by atoms with van der Waals surface area (Å²) in [7, 11) is 0. The van der Waals surface area contributed by atoms with Crippen LogP contribution in [0.3, 0.4) is 0 Å². The Labute approximate surface area is 178 Å². The molecule has 0 unspecified atom stereocenters. The number of hydrogen-bond donors (Lipinski definition) is 2. The first kappa shape index (κ1) is 20.3. The van der Waals surface area contributed by atoms with Crippen LogP contribution in [0.5, 0.6) is 0 Å². The van der Waals surface area contributed by atoms with Crippen LogP contribution >= 0.6 is 0 Å². The molecule has 0 bridgehead atoms. The minimum absolute atomic E-state index is 0.0696. The van der Waals surface area contributed by atoms with Crippen molar-refractivity contribution in [2.24, 2.45) is 46.8 Å². The van der Waals surface area contributed by atoms with Gasteiger partial charge in [0, 0.05) is 18.3 Å². The zero-order valence-electron chi connectivity index (χ0n) is 17.9. The van der Waals surface area contributed by atoms with E-state index in [0.29, 0.717) is 48.3 Å². The molecule has 0 amide bonds. The van der Waals surface area contributed by atoms with Crippen molar-refractivity contribution in [2.75, 3.05) is 6.61 Å². The van der Waals surface area contributed by atoms with E-state index in [-0.39, 0.29) is 23.7 Å². The zero-order chi connectivity index (χ0) is 21.3. The van der Waals surface area contributed by atoms with Crippen LogP contribution in [-0.2, 0) is 9.53 Å². The number of aliphatic hydroxyl groups is 1. The van der Waals surface area contributed by atoms with E-state index in [1.807, 2.05) is 6.08 Å². The van der Waals surface area contributed by atoms with Gasteiger partial charge in [0.1, 0.15) is 0 Å². The molecule has 4 fully saturated rings. The number of fused-ring (bicyclic) bond motifs is 7. The number of allylic oxidation sites excluding steroid dienone is 2. The van der Waals surface area contributed by atoms with E-state index in [4.69, 9.17) is 9.84 Å². The summed E-state index contributed by atoms with van der Waals surface area (Å²) in [5, 5.41) is 20.9. The van der Waals surface area contributed by atoms with E-state index in [2.05, 4.69) is 19.6 Å². The van der Waals surface area contributed by atoms with E-state index in [1.54, 1.807) is 0 Å². The highest BCUT2D eigenvalue weighted by molar-refractivity contribution is 5.91. The summed E-state index contributed by atoms with van der Waals surface area (Å²) in [6.07, 6.45) is 9.82. The molecule has 4 saturated carbocycles. The highest BCUT2D eigenvalue weighted by Gasteiger charge is 2.76. The van der Waals surface area contributed by atoms with Gasteiger partial charge in [-0.3, -0.25) is 4.79 Å². The molecule has 0 aromatic rings. The average Bonchev–Trinajstić information content (AvgIpc) is 3.48. The normalized spacial score (nSPS) is 48.5. The van der Waals surface area contributed by atoms with Crippen molar-refractivity contribution in [3.05, 3.63) is 24.3 Å². The second-order valence-electron chi connectivity index (χ2n) is 10.5. The molecule has 5 aliphatic rings. The van der Waals surface area contributed by atoms with Gasteiger partial charge in [-0.2, -0.15) is 0 Å². The third-order valence-electron chi connectivity index (χ3n) is 9.90. The van der Waals surface area contributed by atoms with E-state index in [1.165, 1.54) is 5.57 Å². The molecule has 30 heavy (non-hydrogen) atoms. The van der Waals surface area contributed by atoms with Crippen LogP contribution in [0.25, 0.3) is 0 Å². The third kappa shape index (κ3) is 2.63. The SMILES string of the molecule is C=C[C@H]1CC2=CC(=O)CC[C@@H]2[C@H]2CC[C@@]3(CC)[C@@H]([C@H]4C[C@H]4[C@@]3(O)CCOC(=O)O)[C@@H]21. The monoisotopic (exact) mass is 414 g/mol. The number of ether oxygens (including phenoxy) is 1. The molecular formula is C25H34O5. The molecule has 0 saturated heterocycles. The van der Waals surface area contributed by atoms with Crippen molar-refractivity contribution in [1.82, 2.24) is 0 Å². The summed E-state index contributed by atoms with van der Waals surface area (Å²) in [6, 6.07) is 0. The van der Waals surface area contributed by atoms with Crippen LogP contribution in [0.4, 0.5) is 4.79 Å².